The topological polar surface area (TPSA) is 35.5 Å². The predicted octanol–water partition coefficient (Wildman–Crippen LogP) is 2.85. The van der Waals surface area contributed by atoms with Crippen LogP contribution in [-0.2, 0) is 14.3 Å². The van der Waals surface area contributed by atoms with Gasteiger partial charge in [-0.1, -0.05) is 6.08 Å². The molecular formula is C13H22O3. The van der Waals surface area contributed by atoms with E-state index in [1.807, 2.05) is 13.8 Å². The average Bonchev–Trinajstić information content (AvgIpc) is 2.28. The van der Waals surface area contributed by atoms with Crippen molar-refractivity contribution in [1.82, 2.24) is 0 Å². The largest absolute Gasteiger partial charge is 0.353 e. The third-order valence-electron chi connectivity index (χ3n) is 2.71. The summed E-state index contributed by atoms with van der Waals surface area (Å²) in [4.78, 5) is 11.6. The summed E-state index contributed by atoms with van der Waals surface area (Å²) in [5, 5.41) is 0. The van der Waals surface area contributed by atoms with Gasteiger partial charge in [0.25, 0.3) is 0 Å². The standard InChI is InChI=1S/C13H22O3/c1-3-15-13(16-4-2)10-9-11-7-5-6-8-12(11)14/h7,13H,3-6,8-10H2,1-2H3. The van der Waals surface area contributed by atoms with Crippen molar-refractivity contribution in [3.8, 4) is 0 Å². The molecule has 0 heterocycles. The first-order valence-corrected chi connectivity index (χ1v) is 6.23. The van der Waals surface area contributed by atoms with Gasteiger partial charge in [0, 0.05) is 26.1 Å². The molecule has 1 aliphatic carbocycles. The molecule has 3 nitrogen and oxygen atoms in total. The van der Waals surface area contributed by atoms with Gasteiger partial charge in [0.15, 0.2) is 12.1 Å². The fraction of sp³-hybridized carbons (Fsp3) is 0.769. The van der Waals surface area contributed by atoms with E-state index < -0.39 is 0 Å². The molecular weight excluding hydrogens is 204 g/mol. The van der Waals surface area contributed by atoms with E-state index in [0.717, 1.165) is 31.3 Å². The summed E-state index contributed by atoms with van der Waals surface area (Å²) in [6, 6.07) is 0. The zero-order chi connectivity index (χ0) is 11.8. The third kappa shape index (κ3) is 4.45. The fourth-order valence-electron chi connectivity index (χ4n) is 1.91. The van der Waals surface area contributed by atoms with E-state index >= 15 is 0 Å². The quantitative estimate of drug-likeness (QED) is 0.626. The van der Waals surface area contributed by atoms with E-state index in [0.29, 0.717) is 25.4 Å². The molecule has 0 aromatic heterocycles. The van der Waals surface area contributed by atoms with Gasteiger partial charge in [0.05, 0.1) is 0 Å². The third-order valence-corrected chi connectivity index (χ3v) is 2.71. The zero-order valence-corrected chi connectivity index (χ0v) is 10.3. The van der Waals surface area contributed by atoms with Crippen LogP contribution < -0.4 is 0 Å². The van der Waals surface area contributed by atoms with Crippen molar-refractivity contribution in [2.75, 3.05) is 13.2 Å². The van der Waals surface area contributed by atoms with E-state index in [1.165, 1.54) is 0 Å². The van der Waals surface area contributed by atoms with Gasteiger partial charge >= 0.3 is 0 Å². The Morgan fingerprint density at radius 1 is 1.31 bits per heavy atom. The molecule has 3 heteroatoms. The minimum Gasteiger partial charge on any atom is -0.353 e. The van der Waals surface area contributed by atoms with Crippen LogP contribution in [0.1, 0.15) is 46.0 Å². The van der Waals surface area contributed by atoms with E-state index in [1.54, 1.807) is 0 Å². The number of ketones is 1. The van der Waals surface area contributed by atoms with E-state index in [9.17, 15) is 4.79 Å². The van der Waals surface area contributed by atoms with Gasteiger partial charge in [-0.2, -0.15) is 0 Å². The van der Waals surface area contributed by atoms with Crippen LogP contribution in [0.4, 0.5) is 0 Å². The molecule has 0 atom stereocenters. The predicted molar refractivity (Wildman–Crippen MR) is 63.2 cm³/mol. The van der Waals surface area contributed by atoms with Crippen LogP contribution in [-0.4, -0.2) is 25.3 Å². The van der Waals surface area contributed by atoms with Crippen molar-refractivity contribution >= 4 is 5.78 Å². The molecule has 0 fully saturated rings. The normalized spacial score (nSPS) is 16.7. The smallest absolute Gasteiger partial charge is 0.158 e. The molecule has 1 aliphatic rings. The first kappa shape index (κ1) is 13.4. The summed E-state index contributed by atoms with van der Waals surface area (Å²) < 4.78 is 10.9. The lowest BCUT2D eigenvalue weighted by molar-refractivity contribution is -0.139. The minimum absolute atomic E-state index is 0.161. The van der Waals surface area contributed by atoms with Crippen LogP contribution in [0.3, 0.4) is 0 Å². The summed E-state index contributed by atoms with van der Waals surface area (Å²) in [5.41, 5.74) is 0.968. The van der Waals surface area contributed by atoms with Crippen LogP contribution >= 0.6 is 0 Å². The highest BCUT2D eigenvalue weighted by atomic mass is 16.7. The summed E-state index contributed by atoms with van der Waals surface area (Å²) in [6.45, 7) is 5.21. The number of rotatable bonds is 7. The summed E-state index contributed by atoms with van der Waals surface area (Å²) >= 11 is 0. The second kappa shape index (κ2) is 7.58. The fourth-order valence-corrected chi connectivity index (χ4v) is 1.91. The maximum Gasteiger partial charge on any atom is 0.158 e. The molecule has 0 saturated heterocycles. The van der Waals surface area contributed by atoms with Gasteiger partial charge < -0.3 is 9.47 Å². The van der Waals surface area contributed by atoms with Crippen LogP contribution in [0, 0.1) is 0 Å². The van der Waals surface area contributed by atoms with E-state index in [2.05, 4.69) is 6.08 Å². The van der Waals surface area contributed by atoms with Gasteiger partial charge in [0.2, 0.25) is 0 Å². The monoisotopic (exact) mass is 226 g/mol. The Kier molecular flexibility index (Phi) is 6.34. The molecule has 92 valence electrons. The molecule has 0 aromatic carbocycles. The molecule has 0 bridgehead atoms. The number of carbonyl (C=O) groups is 1. The first-order valence-electron chi connectivity index (χ1n) is 6.23. The lowest BCUT2D eigenvalue weighted by atomic mass is 9.95. The van der Waals surface area contributed by atoms with Gasteiger partial charge in [-0.3, -0.25) is 4.79 Å². The number of ether oxygens (including phenoxy) is 2. The highest BCUT2D eigenvalue weighted by molar-refractivity contribution is 5.95. The Balaban J connectivity index is 2.35. The molecule has 0 radical (unpaired) electrons. The van der Waals surface area contributed by atoms with E-state index in [-0.39, 0.29) is 6.29 Å². The number of hydrogen-bond donors (Lipinski definition) is 0. The molecule has 0 amide bonds. The SMILES string of the molecule is CCOC(CCC1=CCCCC1=O)OCC. The van der Waals surface area contributed by atoms with Crippen molar-refractivity contribution in [1.29, 1.82) is 0 Å². The second-order valence-corrected chi connectivity index (χ2v) is 3.92. The van der Waals surface area contributed by atoms with Gasteiger partial charge in [0.1, 0.15) is 0 Å². The second-order valence-electron chi connectivity index (χ2n) is 3.92. The zero-order valence-electron chi connectivity index (χ0n) is 10.3. The lowest BCUT2D eigenvalue weighted by Gasteiger charge is -2.18. The Bertz CT molecular complexity index is 240. The number of carbonyl (C=O) groups excluding carboxylic acids is 1. The molecule has 1 rings (SSSR count). The Morgan fingerprint density at radius 3 is 2.56 bits per heavy atom. The Labute approximate surface area is 97.8 Å². The van der Waals surface area contributed by atoms with Crippen molar-refractivity contribution in [2.24, 2.45) is 0 Å². The maximum absolute atomic E-state index is 11.6. The maximum atomic E-state index is 11.6. The van der Waals surface area contributed by atoms with E-state index in [4.69, 9.17) is 9.47 Å². The molecule has 0 aromatic rings. The van der Waals surface area contributed by atoms with Crippen molar-refractivity contribution in [3.63, 3.8) is 0 Å². The van der Waals surface area contributed by atoms with Crippen molar-refractivity contribution in [2.45, 2.75) is 52.2 Å². The number of hydrogen-bond acceptors (Lipinski definition) is 3. The molecule has 0 unspecified atom stereocenters. The number of Topliss-reactive ketones (excluding diaryl/α,β-unsaturated/α-hetero) is 1. The Morgan fingerprint density at radius 2 is 2.00 bits per heavy atom. The summed E-state index contributed by atoms with van der Waals surface area (Å²) in [5.74, 6) is 0.304. The Hall–Kier alpha value is -0.670. The highest BCUT2D eigenvalue weighted by Crippen LogP contribution is 2.20. The molecule has 0 aliphatic heterocycles. The summed E-state index contributed by atoms with van der Waals surface area (Å²) in [7, 11) is 0. The van der Waals surface area contributed by atoms with Crippen molar-refractivity contribution < 1.29 is 14.3 Å². The van der Waals surface area contributed by atoms with Crippen LogP contribution in [0.2, 0.25) is 0 Å². The minimum atomic E-state index is -0.161. The van der Waals surface area contributed by atoms with Crippen LogP contribution in [0.15, 0.2) is 11.6 Å². The number of allylic oxidation sites excluding steroid dienone is 2. The molecule has 16 heavy (non-hydrogen) atoms. The highest BCUT2D eigenvalue weighted by Gasteiger charge is 2.16. The van der Waals surface area contributed by atoms with Crippen LogP contribution in [0.5, 0.6) is 0 Å². The van der Waals surface area contributed by atoms with Gasteiger partial charge in [-0.15, -0.1) is 0 Å². The molecule has 0 spiro atoms. The first-order chi connectivity index (χ1) is 7.77. The molecule has 0 N–H and O–H groups in total. The average molecular weight is 226 g/mol. The van der Waals surface area contributed by atoms with Crippen LogP contribution in [0.25, 0.3) is 0 Å². The van der Waals surface area contributed by atoms with Crippen molar-refractivity contribution in [3.05, 3.63) is 11.6 Å². The molecule has 0 saturated carbocycles. The lowest BCUT2D eigenvalue weighted by Crippen LogP contribution is -2.18. The van der Waals surface area contributed by atoms with Gasteiger partial charge in [-0.05, 0) is 38.7 Å². The van der Waals surface area contributed by atoms with Gasteiger partial charge in [-0.25, -0.2) is 0 Å². The summed E-state index contributed by atoms with van der Waals surface area (Å²) in [6.07, 6.45) is 6.21.